The molecule has 3 nitrogen and oxygen atoms in total. The lowest BCUT2D eigenvalue weighted by Gasteiger charge is -2.09. The third kappa shape index (κ3) is 2.47. The van der Waals surface area contributed by atoms with Crippen molar-refractivity contribution in [3.05, 3.63) is 70.7 Å². The highest BCUT2D eigenvalue weighted by molar-refractivity contribution is 7.09. The molecule has 0 saturated carbocycles. The first-order chi connectivity index (χ1) is 11.8. The van der Waals surface area contributed by atoms with E-state index in [0.29, 0.717) is 23.7 Å². The van der Waals surface area contributed by atoms with Crippen LogP contribution in [0.5, 0.6) is 5.75 Å². The van der Waals surface area contributed by atoms with Crippen molar-refractivity contribution < 1.29 is 9.13 Å². The molecule has 0 spiro atoms. The molecule has 24 heavy (non-hydrogen) atoms. The number of nitrogens with zero attached hydrogens (tertiary/aromatic N) is 2. The van der Waals surface area contributed by atoms with Crippen LogP contribution in [-0.4, -0.2) is 16.7 Å². The number of hydrogen-bond donors (Lipinski definition) is 0. The predicted octanol–water partition coefficient (Wildman–Crippen LogP) is 4.96. The van der Waals surface area contributed by atoms with Crippen LogP contribution in [0.3, 0.4) is 0 Å². The van der Waals surface area contributed by atoms with Crippen molar-refractivity contribution in [3.8, 4) is 17.1 Å². The fourth-order valence-corrected chi connectivity index (χ4v) is 3.55. The van der Waals surface area contributed by atoms with Crippen LogP contribution in [0.25, 0.3) is 22.4 Å². The van der Waals surface area contributed by atoms with Gasteiger partial charge in [0, 0.05) is 4.88 Å². The molecule has 4 aromatic rings. The van der Waals surface area contributed by atoms with Crippen molar-refractivity contribution in [1.82, 2.24) is 9.55 Å². The van der Waals surface area contributed by atoms with E-state index in [0.717, 1.165) is 11.0 Å². The zero-order chi connectivity index (χ0) is 16.5. The lowest BCUT2D eigenvalue weighted by Crippen LogP contribution is -2.02. The molecule has 0 aliphatic rings. The van der Waals surface area contributed by atoms with Crippen LogP contribution in [0, 0.1) is 5.82 Å². The Hall–Kier alpha value is -2.66. The van der Waals surface area contributed by atoms with Gasteiger partial charge in [0.15, 0.2) is 0 Å². The molecule has 2 aromatic carbocycles. The first kappa shape index (κ1) is 14.9. The Labute approximate surface area is 143 Å². The maximum absolute atomic E-state index is 14.4. The molecule has 0 aliphatic carbocycles. The number of fused-ring (bicyclic) bond motifs is 1. The number of benzene rings is 2. The normalized spacial score (nSPS) is 11.1. The largest absolute Gasteiger partial charge is 0.494 e. The quantitative estimate of drug-likeness (QED) is 0.526. The van der Waals surface area contributed by atoms with E-state index in [1.165, 1.54) is 10.9 Å². The number of halogens is 1. The summed E-state index contributed by atoms with van der Waals surface area (Å²) in [6.07, 6.45) is 0. The molecule has 0 N–H and O–H groups in total. The van der Waals surface area contributed by atoms with E-state index < -0.39 is 0 Å². The Balaban J connectivity index is 1.99. The summed E-state index contributed by atoms with van der Waals surface area (Å²) < 4.78 is 21.8. The third-order valence-corrected chi connectivity index (χ3v) is 4.83. The molecule has 2 aromatic heterocycles. The molecule has 0 fully saturated rings. The minimum Gasteiger partial charge on any atom is -0.494 e. The number of rotatable bonds is 4. The maximum Gasteiger partial charge on any atom is 0.146 e. The summed E-state index contributed by atoms with van der Waals surface area (Å²) in [5.74, 6) is 1.02. The van der Waals surface area contributed by atoms with E-state index in [-0.39, 0.29) is 5.82 Å². The van der Waals surface area contributed by atoms with E-state index in [2.05, 4.69) is 6.07 Å². The van der Waals surface area contributed by atoms with Crippen LogP contribution >= 0.6 is 11.3 Å². The molecule has 0 saturated heterocycles. The van der Waals surface area contributed by atoms with Crippen LogP contribution in [0.1, 0.15) is 4.88 Å². The van der Waals surface area contributed by atoms with Gasteiger partial charge in [0.25, 0.3) is 0 Å². The summed E-state index contributed by atoms with van der Waals surface area (Å²) in [5, 5.41) is 2.04. The van der Waals surface area contributed by atoms with Gasteiger partial charge in [0.1, 0.15) is 22.9 Å². The van der Waals surface area contributed by atoms with E-state index in [9.17, 15) is 4.39 Å². The zero-order valence-corrected chi connectivity index (χ0v) is 13.9. The molecule has 0 aliphatic heterocycles. The predicted molar refractivity (Wildman–Crippen MR) is 95.1 cm³/mol. The number of imidazole rings is 1. The molecule has 5 heteroatoms. The van der Waals surface area contributed by atoms with Crippen molar-refractivity contribution in [1.29, 1.82) is 0 Å². The van der Waals surface area contributed by atoms with Gasteiger partial charge in [-0.15, -0.1) is 11.3 Å². The van der Waals surface area contributed by atoms with Crippen LogP contribution in [0.4, 0.5) is 4.39 Å². The van der Waals surface area contributed by atoms with E-state index in [1.54, 1.807) is 30.6 Å². The number of aromatic nitrogens is 2. The van der Waals surface area contributed by atoms with Gasteiger partial charge in [-0.2, -0.15) is 0 Å². The highest BCUT2D eigenvalue weighted by Gasteiger charge is 2.18. The van der Waals surface area contributed by atoms with Crippen molar-refractivity contribution in [2.75, 3.05) is 7.11 Å². The summed E-state index contributed by atoms with van der Waals surface area (Å²) in [6, 6.07) is 16.6. The van der Waals surface area contributed by atoms with E-state index in [1.807, 2.05) is 40.3 Å². The van der Waals surface area contributed by atoms with Crippen molar-refractivity contribution in [2.24, 2.45) is 0 Å². The van der Waals surface area contributed by atoms with Crippen LogP contribution in [0.15, 0.2) is 60.0 Å². The average molecular weight is 338 g/mol. The molecule has 0 radical (unpaired) electrons. The second-order valence-corrected chi connectivity index (χ2v) is 6.44. The van der Waals surface area contributed by atoms with Crippen molar-refractivity contribution >= 4 is 22.4 Å². The van der Waals surface area contributed by atoms with Gasteiger partial charge in [0.2, 0.25) is 0 Å². The minimum absolute atomic E-state index is 0.279. The molecular formula is C19H15FN2OS. The highest BCUT2D eigenvalue weighted by atomic mass is 32.1. The SMILES string of the molecule is COc1cccc2c1nc(-c1ccccc1F)n2Cc1cccs1. The van der Waals surface area contributed by atoms with Crippen LogP contribution in [0.2, 0.25) is 0 Å². The van der Waals surface area contributed by atoms with Gasteiger partial charge in [-0.3, -0.25) is 0 Å². The molecule has 0 amide bonds. The lowest BCUT2D eigenvalue weighted by atomic mass is 10.2. The van der Waals surface area contributed by atoms with Gasteiger partial charge in [-0.25, -0.2) is 9.37 Å². The number of ether oxygens (including phenoxy) is 1. The minimum atomic E-state index is -0.279. The summed E-state index contributed by atoms with van der Waals surface area (Å²) >= 11 is 1.67. The second-order valence-electron chi connectivity index (χ2n) is 5.41. The number of methoxy groups -OCH3 is 1. The van der Waals surface area contributed by atoms with Gasteiger partial charge in [-0.1, -0.05) is 24.3 Å². The van der Waals surface area contributed by atoms with Crippen molar-refractivity contribution in [3.63, 3.8) is 0 Å². The van der Waals surface area contributed by atoms with Crippen LogP contribution < -0.4 is 4.74 Å². The fraction of sp³-hybridized carbons (Fsp3) is 0.105. The molecule has 120 valence electrons. The van der Waals surface area contributed by atoms with Gasteiger partial charge in [-0.05, 0) is 35.7 Å². The average Bonchev–Trinajstić information content (AvgIpc) is 3.24. The van der Waals surface area contributed by atoms with E-state index in [4.69, 9.17) is 9.72 Å². The molecule has 0 unspecified atom stereocenters. The first-order valence-corrected chi connectivity index (χ1v) is 8.46. The fourth-order valence-electron chi connectivity index (χ4n) is 2.85. The summed E-state index contributed by atoms with van der Waals surface area (Å²) in [7, 11) is 1.62. The Morgan fingerprint density at radius 2 is 1.96 bits per heavy atom. The van der Waals surface area contributed by atoms with E-state index >= 15 is 0 Å². The molecular weight excluding hydrogens is 323 g/mol. The Morgan fingerprint density at radius 1 is 1.08 bits per heavy atom. The smallest absolute Gasteiger partial charge is 0.146 e. The molecule has 0 bridgehead atoms. The molecule has 0 atom stereocenters. The number of hydrogen-bond acceptors (Lipinski definition) is 3. The molecule has 2 heterocycles. The van der Waals surface area contributed by atoms with Crippen LogP contribution in [-0.2, 0) is 6.54 Å². The topological polar surface area (TPSA) is 27.1 Å². The standard InChI is InChI=1S/C19H15FN2OS/c1-23-17-10-4-9-16-18(17)21-19(14-7-2-3-8-15(14)20)22(16)12-13-6-5-11-24-13/h2-11H,12H2,1H3. The van der Waals surface area contributed by atoms with Gasteiger partial charge >= 0.3 is 0 Å². The summed E-state index contributed by atoms with van der Waals surface area (Å²) in [4.78, 5) is 5.89. The first-order valence-electron chi connectivity index (χ1n) is 7.58. The Bertz CT molecular complexity index is 992. The third-order valence-electron chi connectivity index (χ3n) is 3.97. The Kier molecular flexibility index (Phi) is 3.78. The lowest BCUT2D eigenvalue weighted by molar-refractivity contribution is 0.419. The summed E-state index contributed by atoms with van der Waals surface area (Å²) in [5.41, 5.74) is 2.17. The maximum atomic E-state index is 14.4. The highest BCUT2D eigenvalue weighted by Crippen LogP contribution is 2.32. The second kappa shape index (κ2) is 6.09. The molecule has 4 rings (SSSR count). The monoisotopic (exact) mass is 338 g/mol. The zero-order valence-electron chi connectivity index (χ0n) is 13.1. The van der Waals surface area contributed by atoms with Gasteiger partial charge < -0.3 is 9.30 Å². The summed E-state index contributed by atoms with van der Waals surface area (Å²) in [6.45, 7) is 0.644. The van der Waals surface area contributed by atoms with Crippen molar-refractivity contribution in [2.45, 2.75) is 6.54 Å². The van der Waals surface area contributed by atoms with Gasteiger partial charge in [0.05, 0.1) is 24.7 Å². The number of thiophene rings is 1. The number of para-hydroxylation sites is 1. The Morgan fingerprint density at radius 3 is 2.71 bits per heavy atom.